The summed E-state index contributed by atoms with van der Waals surface area (Å²) in [7, 11) is 0. The minimum absolute atomic E-state index is 0.0807. The van der Waals surface area contributed by atoms with E-state index in [2.05, 4.69) is 0 Å². The largest absolute Gasteiger partial charge is 0.507 e. The molecule has 0 saturated carbocycles. The van der Waals surface area contributed by atoms with Gasteiger partial charge in [-0.2, -0.15) is 0 Å². The smallest absolute Gasteiger partial charge is 0.229 e. The molecule has 0 amide bonds. The number of Topliss-reactive ketones (excluding diaryl/α,β-unsaturated/α-hetero) is 1. The number of rotatable bonds is 6. The lowest BCUT2D eigenvalue weighted by molar-refractivity contribution is -0.318. The molecule has 230 valence electrons. The third-order valence-corrected chi connectivity index (χ3v) is 7.50. The average Bonchev–Trinajstić information content (AvgIpc) is 2.95. The molecule has 0 aliphatic carbocycles. The fourth-order valence-corrected chi connectivity index (χ4v) is 5.04. The van der Waals surface area contributed by atoms with Gasteiger partial charge in [-0.3, -0.25) is 4.79 Å². The first-order chi connectivity index (χ1) is 19.8. The Balaban J connectivity index is 1.30. The van der Waals surface area contributed by atoms with Crippen LogP contribution in [0.5, 0.6) is 28.7 Å². The molecule has 0 aromatic heterocycles. The van der Waals surface area contributed by atoms with Crippen LogP contribution in [0.3, 0.4) is 0 Å². The molecule has 3 heterocycles. The fraction of sp³-hybridized carbons (Fsp3) is 0.519. The quantitative estimate of drug-likeness (QED) is 0.173. The predicted molar refractivity (Wildman–Crippen MR) is 136 cm³/mol. The van der Waals surface area contributed by atoms with Gasteiger partial charge in [0.1, 0.15) is 71.6 Å². The molecular formula is C27H32O15. The summed E-state index contributed by atoms with van der Waals surface area (Å²) in [6, 6.07) is 6.26. The minimum atomic E-state index is -1.78. The third kappa shape index (κ3) is 5.70. The van der Waals surface area contributed by atoms with Crippen molar-refractivity contribution in [3.8, 4) is 28.7 Å². The molecule has 42 heavy (non-hydrogen) atoms. The normalized spacial score (nSPS) is 36.6. The van der Waals surface area contributed by atoms with Gasteiger partial charge >= 0.3 is 0 Å². The number of phenolic OH excluding ortho intramolecular Hbond substituents is 3. The highest BCUT2D eigenvalue weighted by Gasteiger charge is 2.47. The number of fused-ring (bicyclic) bond motifs is 1. The van der Waals surface area contributed by atoms with Crippen LogP contribution in [0.15, 0.2) is 30.3 Å². The summed E-state index contributed by atoms with van der Waals surface area (Å²) < 4.78 is 27.9. The number of aromatic hydroxyl groups is 3. The summed E-state index contributed by atoms with van der Waals surface area (Å²) in [5.41, 5.74) is 0.255. The maximum Gasteiger partial charge on any atom is 0.229 e. The van der Waals surface area contributed by atoms with Crippen molar-refractivity contribution in [2.45, 2.75) is 80.9 Å². The Bertz CT molecular complexity index is 1300. The highest BCUT2D eigenvalue weighted by atomic mass is 16.7. The number of hydrogen-bond donors (Lipinski definition) is 9. The number of aliphatic hydroxyl groups excluding tert-OH is 6. The molecule has 2 saturated heterocycles. The Labute approximate surface area is 238 Å². The number of hydrogen-bond acceptors (Lipinski definition) is 15. The summed E-state index contributed by atoms with van der Waals surface area (Å²) >= 11 is 0. The van der Waals surface area contributed by atoms with E-state index < -0.39 is 91.4 Å². The molecule has 0 spiro atoms. The molecule has 3 aliphatic rings. The van der Waals surface area contributed by atoms with E-state index in [-0.39, 0.29) is 29.2 Å². The van der Waals surface area contributed by atoms with Gasteiger partial charge in [0.2, 0.25) is 6.29 Å². The van der Waals surface area contributed by atoms with E-state index in [0.717, 1.165) is 6.07 Å². The molecule has 0 bridgehead atoms. The number of ether oxygens (including phenoxy) is 5. The Hall–Kier alpha value is -3.25. The second kappa shape index (κ2) is 11.8. The molecular weight excluding hydrogens is 564 g/mol. The van der Waals surface area contributed by atoms with E-state index >= 15 is 0 Å². The number of phenols is 3. The molecule has 2 aromatic rings. The van der Waals surface area contributed by atoms with Crippen LogP contribution in [-0.2, 0) is 14.2 Å². The molecule has 15 nitrogen and oxygen atoms in total. The number of carbonyl (C=O) groups excluding carboxylic acids is 1. The van der Waals surface area contributed by atoms with Crippen molar-refractivity contribution in [3.05, 3.63) is 41.5 Å². The number of ketones is 1. The lowest BCUT2D eigenvalue weighted by Crippen LogP contribution is -2.61. The lowest BCUT2D eigenvalue weighted by atomic mass is 9.95. The zero-order valence-corrected chi connectivity index (χ0v) is 22.1. The van der Waals surface area contributed by atoms with Crippen molar-refractivity contribution in [2.75, 3.05) is 6.61 Å². The van der Waals surface area contributed by atoms with Gasteiger partial charge in [0.15, 0.2) is 23.6 Å². The van der Waals surface area contributed by atoms with Crippen LogP contribution in [0.1, 0.15) is 35.4 Å². The van der Waals surface area contributed by atoms with E-state index in [0.29, 0.717) is 5.56 Å². The molecule has 11 atom stereocenters. The van der Waals surface area contributed by atoms with Crippen molar-refractivity contribution < 1.29 is 74.4 Å². The molecule has 3 aliphatic heterocycles. The highest BCUT2D eigenvalue weighted by molar-refractivity contribution is 6.02. The molecule has 9 N–H and O–H groups in total. The summed E-state index contributed by atoms with van der Waals surface area (Å²) in [5, 5.41) is 91.3. The first-order valence-electron chi connectivity index (χ1n) is 13.1. The van der Waals surface area contributed by atoms with Gasteiger partial charge < -0.3 is 69.6 Å². The van der Waals surface area contributed by atoms with Crippen LogP contribution >= 0.6 is 0 Å². The highest BCUT2D eigenvalue weighted by Crippen LogP contribution is 2.43. The molecule has 1 unspecified atom stereocenters. The van der Waals surface area contributed by atoms with Crippen molar-refractivity contribution in [2.24, 2.45) is 0 Å². The summed E-state index contributed by atoms with van der Waals surface area (Å²) in [6.07, 6.45) is -16.1. The van der Waals surface area contributed by atoms with Gasteiger partial charge in [-0.25, -0.2) is 0 Å². The predicted octanol–water partition coefficient (Wildman–Crippen LogP) is -1.46. The zero-order valence-electron chi connectivity index (χ0n) is 22.1. The molecule has 0 radical (unpaired) electrons. The average molecular weight is 597 g/mol. The number of benzene rings is 2. The Morgan fingerprint density at radius 3 is 2.19 bits per heavy atom. The molecule has 15 heteroatoms. The Morgan fingerprint density at radius 2 is 1.48 bits per heavy atom. The van der Waals surface area contributed by atoms with E-state index in [4.69, 9.17) is 23.7 Å². The van der Waals surface area contributed by atoms with Crippen molar-refractivity contribution in [3.63, 3.8) is 0 Å². The maximum atomic E-state index is 12.8. The minimum Gasteiger partial charge on any atom is -0.507 e. The van der Waals surface area contributed by atoms with E-state index in [1.165, 1.54) is 31.2 Å². The number of aliphatic hydroxyl groups is 6. The van der Waals surface area contributed by atoms with Crippen molar-refractivity contribution in [1.29, 1.82) is 0 Å². The van der Waals surface area contributed by atoms with Crippen LogP contribution in [0.4, 0.5) is 0 Å². The summed E-state index contributed by atoms with van der Waals surface area (Å²) in [6.45, 7) is 0.949. The standard InChI is InChI=1S/C27H32O15/c1-9-20(32)22(34)24(36)26(39-9)38-8-18-21(33)23(35)25(37)27(42-18)40-11-5-14(30)19-15(31)7-16(41-17(19)6-11)10-2-3-12(28)13(29)4-10/h2-6,9,16,18,20-30,32-37H,7-8H2,1H3/t9-,16?,18+,20-,21+,22+,23+,24+,25+,26+,27+/m0/s1. The molecule has 5 rings (SSSR count). The summed E-state index contributed by atoms with van der Waals surface area (Å²) in [5.74, 6) is -1.96. The van der Waals surface area contributed by atoms with Gasteiger partial charge in [-0.05, 0) is 24.6 Å². The zero-order chi connectivity index (χ0) is 30.5. The van der Waals surface area contributed by atoms with E-state index in [9.17, 15) is 50.8 Å². The second-order valence-electron chi connectivity index (χ2n) is 10.4. The first-order valence-corrected chi connectivity index (χ1v) is 13.1. The Morgan fingerprint density at radius 1 is 0.786 bits per heavy atom. The third-order valence-electron chi connectivity index (χ3n) is 7.50. The van der Waals surface area contributed by atoms with Crippen molar-refractivity contribution >= 4 is 5.78 Å². The van der Waals surface area contributed by atoms with Crippen LogP contribution in [-0.4, -0.2) is 120 Å². The number of carbonyl (C=O) groups is 1. The van der Waals surface area contributed by atoms with Gasteiger partial charge in [0.05, 0.1) is 19.1 Å². The first kappa shape index (κ1) is 30.2. The van der Waals surface area contributed by atoms with E-state index in [1.807, 2.05) is 0 Å². The maximum absolute atomic E-state index is 12.8. The SMILES string of the molecule is C[C@@H]1O[C@@H](OC[C@H]2O[C@@H](Oc3cc(O)c4c(c3)OC(c3ccc(O)c(O)c3)CC4=O)[C@H](O)[C@H](O)[C@@H]2O)[C@H](O)[C@H](O)[C@H]1O. The fourth-order valence-electron chi connectivity index (χ4n) is 5.04. The van der Waals surface area contributed by atoms with Crippen LogP contribution in [0.25, 0.3) is 0 Å². The summed E-state index contributed by atoms with van der Waals surface area (Å²) in [4.78, 5) is 12.8. The van der Waals surface area contributed by atoms with Gasteiger partial charge in [0, 0.05) is 12.1 Å². The molecule has 2 aromatic carbocycles. The molecule has 2 fully saturated rings. The van der Waals surface area contributed by atoms with E-state index in [1.54, 1.807) is 0 Å². The van der Waals surface area contributed by atoms with Crippen molar-refractivity contribution in [1.82, 2.24) is 0 Å². The van der Waals surface area contributed by atoms with Gasteiger partial charge in [-0.15, -0.1) is 0 Å². The van der Waals surface area contributed by atoms with Crippen LogP contribution in [0, 0.1) is 0 Å². The second-order valence-corrected chi connectivity index (χ2v) is 10.4. The van der Waals surface area contributed by atoms with Crippen LogP contribution in [0.2, 0.25) is 0 Å². The van der Waals surface area contributed by atoms with Crippen LogP contribution < -0.4 is 9.47 Å². The lowest BCUT2D eigenvalue weighted by Gasteiger charge is -2.42. The van der Waals surface area contributed by atoms with Gasteiger partial charge in [-0.1, -0.05) is 6.07 Å². The topological polar surface area (TPSA) is 245 Å². The van der Waals surface area contributed by atoms with Gasteiger partial charge in [0.25, 0.3) is 0 Å². The monoisotopic (exact) mass is 596 g/mol. The Kier molecular flexibility index (Phi) is 8.48.